The first-order valence-electron chi connectivity index (χ1n) is 13.1. The summed E-state index contributed by atoms with van der Waals surface area (Å²) < 4.78 is 6.62. The van der Waals surface area contributed by atoms with Gasteiger partial charge >= 0.3 is 0 Å². The number of hydrogen-bond donors (Lipinski definition) is 3. The van der Waals surface area contributed by atoms with Gasteiger partial charge in [-0.1, -0.05) is 60.7 Å². The molecule has 0 aromatic heterocycles. The predicted octanol–water partition coefficient (Wildman–Crippen LogP) is 2.16. The molecule has 0 saturated carbocycles. The van der Waals surface area contributed by atoms with E-state index in [2.05, 4.69) is 10.6 Å². The number of nitrogens with zero attached hydrogens (tertiary/aromatic N) is 1. The summed E-state index contributed by atoms with van der Waals surface area (Å²) in [6.07, 6.45) is 2.24. The van der Waals surface area contributed by atoms with Crippen LogP contribution in [0.3, 0.4) is 0 Å². The predicted molar refractivity (Wildman–Crippen MR) is 137 cm³/mol. The zero-order valence-electron chi connectivity index (χ0n) is 21.2. The van der Waals surface area contributed by atoms with Gasteiger partial charge in [-0.2, -0.15) is 0 Å². The summed E-state index contributed by atoms with van der Waals surface area (Å²) in [6, 6.07) is 18.4. The molecule has 8 heteroatoms. The molecule has 8 nitrogen and oxygen atoms in total. The van der Waals surface area contributed by atoms with Crippen LogP contribution in [0.4, 0.5) is 0 Å². The van der Waals surface area contributed by atoms with Gasteiger partial charge in [-0.05, 0) is 43.7 Å². The lowest BCUT2D eigenvalue weighted by molar-refractivity contribution is -0.146. The largest absolute Gasteiger partial charge is 0.396 e. The van der Waals surface area contributed by atoms with E-state index in [1.54, 1.807) is 4.90 Å². The first-order valence-corrected chi connectivity index (χ1v) is 13.1. The summed E-state index contributed by atoms with van der Waals surface area (Å²) in [4.78, 5) is 42.8. The van der Waals surface area contributed by atoms with Crippen LogP contribution in [-0.2, 0) is 32.2 Å². The molecule has 2 aromatic carbocycles. The van der Waals surface area contributed by atoms with Crippen molar-refractivity contribution in [1.29, 1.82) is 0 Å². The van der Waals surface area contributed by atoms with Crippen molar-refractivity contribution in [3.8, 4) is 0 Å². The van der Waals surface area contributed by atoms with Crippen molar-refractivity contribution in [2.24, 2.45) is 11.8 Å². The van der Waals surface area contributed by atoms with Crippen LogP contribution in [0.15, 0.2) is 60.7 Å². The molecular weight excluding hydrogens is 470 g/mol. The van der Waals surface area contributed by atoms with E-state index in [9.17, 15) is 19.5 Å². The van der Waals surface area contributed by atoms with Crippen LogP contribution in [-0.4, -0.2) is 58.1 Å². The van der Waals surface area contributed by atoms with Gasteiger partial charge in [-0.3, -0.25) is 14.4 Å². The quantitative estimate of drug-likeness (QED) is 0.429. The van der Waals surface area contributed by atoms with Crippen molar-refractivity contribution in [1.82, 2.24) is 15.5 Å². The Balaban J connectivity index is 1.40. The van der Waals surface area contributed by atoms with Crippen LogP contribution in [0.5, 0.6) is 0 Å². The highest BCUT2D eigenvalue weighted by atomic mass is 16.5. The number of rotatable bonds is 10. The van der Waals surface area contributed by atoms with Crippen LogP contribution in [0.2, 0.25) is 0 Å². The molecule has 196 valence electrons. The molecule has 5 rings (SSSR count). The minimum absolute atomic E-state index is 0.0144. The molecule has 3 fully saturated rings. The molecule has 3 N–H and O–H groups in total. The third kappa shape index (κ3) is 4.53. The molecule has 3 aliphatic rings. The molecule has 3 saturated heterocycles. The molecule has 37 heavy (non-hydrogen) atoms. The van der Waals surface area contributed by atoms with E-state index >= 15 is 0 Å². The van der Waals surface area contributed by atoms with E-state index in [4.69, 9.17) is 4.74 Å². The van der Waals surface area contributed by atoms with Crippen LogP contribution >= 0.6 is 0 Å². The summed E-state index contributed by atoms with van der Waals surface area (Å²) in [7, 11) is 0. The zero-order valence-corrected chi connectivity index (χ0v) is 21.2. The third-order valence-electron chi connectivity index (χ3n) is 8.23. The molecule has 0 radical (unpaired) electrons. The van der Waals surface area contributed by atoms with E-state index < -0.39 is 29.1 Å². The highest BCUT2D eigenvalue weighted by molar-refractivity contribution is 5.99. The van der Waals surface area contributed by atoms with Crippen molar-refractivity contribution in [2.75, 3.05) is 13.2 Å². The van der Waals surface area contributed by atoms with Gasteiger partial charge < -0.3 is 25.4 Å². The van der Waals surface area contributed by atoms with Gasteiger partial charge in [0.15, 0.2) is 0 Å². The van der Waals surface area contributed by atoms with E-state index in [-0.39, 0.29) is 24.3 Å². The fourth-order valence-electron chi connectivity index (χ4n) is 6.54. The number of unbranched alkanes of at least 4 members (excludes halogenated alkanes) is 1. The van der Waals surface area contributed by atoms with Crippen LogP contribution in [0.25, 0.3) is 0 Å². The van der Waals surface area contributed by atoms with Gasteiger partial charge in [0, 0.05) is 26.2 Å². The minimum Gasteiger partial charge on any atom is -0.396 e. The monoisotopic (exact) mass is 505 g/mol. The van der Waals surface area contributed by atoms with Crippen molar-refractivity contribution < 1.29 is 24.2 Å². The molecule has 3 amide bonds. The second-order valence-corrected chi connectivity index (χ2v) is 10.6. The fourth-order valence-corrected chi connectivity index (χ4v) is 6.54. The Kier molecular flexibility index (Phi) is 7.05. The van der Waals surface area contributed by atoms with E-state index in [1.165, 1.54) is 0 Å². The standard InChI is InChI=1S/C29H35N3O5/c1-28-14-15-29(37-28)23(22(28)25(34)30-18-20-10-4-2-5-11-20)27(36)32(16-8-9-17-33)24(29)26(35)31-19-21-12-6-3-7-13-21/h2-7,10-13,22-24,33H,8-9,14-19H2,1H3,(H,30,34)(H,31,35)/t22-,23-,24?,28+,29?/m0/s1. The molecule has 0 aliphatic carbocycles. The highest BCUT2D eigenvalue weighted by Gasteiger charge is 2.77. The summed E-state index contributed by atoms with van der Waals surface area (Å²) in [5.41, 5.74) is 0.0840. The Morgan fingerprint density at radius 1 is 0.946 bits per heavy atom. The number of nitrogens with one attached hydrogen (secondary N) is 2. The maximum Gasteiger partial charge on any atom is 0.246 e. The maximum absolute atomic E-state index is 13.9. The lowest BCUT2D eigenvalue weighted by Crippen LogP contribution is -2.55. The fraction of sp³-hybridized carbons (Fsp3) is 0.483. The number of carbonyl (C=O) groups is 3. The number of ether oxygens (including phenoxy) is 1. The molecule has 2 bridgehead atoms. The molecule has 2 unspecified atom stereocenters. The zero-order chi connectivity index (χ0) is 26.0. The van der Waals surface area contributed by atoms with Gasteiger partial charge in [-0.25, -0.2) is 0 Å². The maximum atomic E-state index is 13.9. The Morgan fingerprint density at radius 3 is 2.14 bits per heavy atom. The van der Waals surface area contributed by atoms with Crippen molar-refractivity contribution in [3.05, 3.63) is 71.8 Å². The lowest BCUT2D eigenvalue weighted by atomic mass is 9.66. The van der Waals surface area contributed by atoms with Crippen LogP contribution < -0.4 is 10.6 Å². The average molecular weight is 506 g/mol. The molecule has 2 aromatic rings. The average Bonchev–Trinajstić information content (AvgIpc) is 3.48. The van der Waals surface area contributed by atoms with Crippen molar-refractivity contribution >= 4 is 17.7 Å². The summed E-state index contributed by atoms with van der Waals surface area (Å²) in [5.74, 6) is -2.08. The van der Waals surface area contributed by atoms with Crippen LogP contribution in [0, 0.1) is 11.8 Å². The van der Waals surface area contributed by atoms with E-state index in [0.29, 0.717) is 45.3 Å². The first-order chi connectivity index (χ1) is 17.9. The van der Waals surface area contributed by atoms with Gasteiger partial charge in [0.1, 0.15) is 11.6 Å². The Hall–Kier alpha value is -3.23. The Bertz CT molecular complexity index is 1140. The summed E-state index contributed by atoms with van der Waals surface area (Å²) >= 11 is 0. The van der Waals surface area contributed by atoms with E-state index in [1.807, 2.05) is 67.6 Å². The summed E-state index contributed by atoms with van der Waals surface area (Å²) in [5, 5.41) is 15.3. The molecular formula is C29H35N3O5. The van der Waals surface area contributed by atoms with Crippen molar-refractivity contribution in [2.45, 2.75) is 62.9 Å². The SMILES string of the molecule is C[C@]12CCC3(O1)C(C(=O)NCc1ccccc1)N(CCCCO)C(=O)[C@@H]3[C@H]2C(=O)NCc1ccccc1. The van der Waals surface area contributed by atoms with Crippen molar-refractivity contribution in [3.63, 3.8) is 0 Å². The molecule has 5 atom stereocenters. The normalized spacial score (nSPS) is 29.8. The highest BCUT2D eigenvalue weighted by Crippen LogP contribution is 2.63. The molecule has 3 aliphatic heterocycles. The molecule has 3 heterocycles. The first kappa shape index (κ1) is 25.4. The number of likely N-dealkylation sites (tertiary alicyclic amines) is 1. The number of amides is 3. The minimum atomic E-state index is -1.04. The number of aliphatic hydroxyl groups is 1. The number of fused-ring (bicyclic) bond motifs is 1. The van der Waals surface area contributed by atoms with E-state index in [0.717, 1.165) is 11.1 Å². The lowest BCUT2D eigenvalue weighted by Gasteiger charge is -2.33. The second kappa shape index (κ2) is 10.3. The van der Waals surface area contributed by atoms with Crippen LogP contribution in [0.1, 0.15) is 43.7 Å². The smallest absolute Gasteiger partial charge is 0.246 e. The summed E-state index contributed by atoms with van der Waals surface area (Å²) in [6.45, 7) is 2.95. The third-order valence-corrected chi connectivity index (χ3v) is 8.23. The van der Waals surface area contributed by atoms with Gasteiger partial charge in [-0.15, -0.1) is 0 Å². The Labute approximate surface area is 217 Å². The Morgan fingerprint density at radius 2 is 1.54 bits per heavy atom. The number of carbonyl (C=O) groups excluding carboxylic acids is 3. The van der Waals surface area contributed by atoms with Gasteiger partial charge in [0.2, 0.25) is 17.7 Å². The number of benzene rings is 2. The number of aliphatic hydroxyl groups excluding tert-OH is 1. The van der Waals surface area contributed by atoms with Gasteiger partial charge in [0.05, 0.1) is 17.4 Å². The number of hydrogen-bond acceptors (Lipinski definition) is 5. The van der Waals surface area contributed by atoms with Gasteiger partial charge in [0.25, 0.3) is 0 Å². The second-order valence-electron chi connectivity index (χ2n) is 10.6. The topological polar surface area (TPSA) is 108 Å². The molecule has 1 spiro atoms.